The van der Waals surface area contributed by atoms with Crippen LogP contribution in [0, 0.1) is 46.3 Å². The highest BCUT2D eigenvalue weighted by molar-refractivity contribution is 5.89. The molecule has 5 saturated carbocycles. The third kappa shape index (κ3) is 6.38. The van der Waals surface area contributed by atoms with Crippen molar-refractivity contribution in [2.75, 3.05) is 26.2 Å². The Bertz CT molecular complexity index is 1280. The average Bonchev–Trinajstić information content (AvgIpc) is 3.46. The third-order valence-corrected chi connectivity index (χ3v) is 15.3. The Morgan fingerprint density at radius 1 is 0.896 bits per heavy atom. The minimum Gasteiger partial charge on any atom is -0.393 e. The van der Waals surface area contributed by atoms with E-state index in [1.165, 1.54) is 44.9 Å². The third-order valence-electron chi connectivity index (χ3n) is 15.3. The highest BCUT2D eigenvalue weighted by Gasteiger charge is 2.62. The molecule has 7 heteroatoms. The van der Waals surface area contributed by atoms with Crippen LogP contribution in [-0.4, -0.2) is 82.3 Å². The molecule has 0 aromatic heterocycles. The summed E-state index contributed by atoms with van der Waals surface area (Å²) in [5.74, 6) is 3.27. The van der Waals surface area contributed by atoms with Gasteiger partial charge in [0.1, 0.15) is 6.04 Å². The van der Waals surface area contributed by atoms with E-state index < -0.39 is 6.04 Å². The van der Waals surface area contributed by atoms with E-state index in [0.29, 0.717) is 37.3 Å². The molecule has 11 atom stereocenters. The van der Waals surface area contributed by atoms with Gasteiger partial charge in [-0.15, -0.1) is 0 Å². The van der Waals surface area contributed by atoms with Gasteiger partial charge in [0.15, 0.2) is 0 Å². The fourth-order valence-corrected chi connectivity index (χ4v) is 12.7. The molecule has 0 bridgehead atoms. The predicted octanol–water partition coefficient (Wildman–Crippen LogP) is 5.82. The fourth-order valence-electron chi connectivity index (χ4n) is 12.7. The van der Waals surface area contributed by atoms with Gasteiger partial charge in [0.2, 0.25) is 11.8 Å². The van der Waals surface area contributed by atoms with Gasteiger partial charge in [-0.25, -0.2) is 0 Å². The number of fused-ring (bicyclic) bond motifs is 5. The Kier molecular flexibility index (Phi) is 10.0. The van der Waals surface area contributed by atoms with Crippen LogP contribution < -0.4 is 5.32 Å². The Morgan fingerprint density at radius 3 is 2.31 bits per heavy atom. The Labute approximate surface area is 289 Å². The maximum Gasteiger partial charge on any atom is 0.245 e. The molecule has 1 saturated heterocycles. The lowest BCUT2D eigenvalue weighted by Crippen LogP contribution is -2.63. The maximum atomic E-state index is 14.1. The molecule has 3 N–H and O–H groups in total. The van der Waals surface area contributed by atoms with Crippen molar-refractivity contribution in [3.63, 3.8) is 0 Å². The molecule has 1 aromatic rings. The van der Waals surface area contributed by atoms with Crippen molar-refractivity contribution >= 4 is 11.8 Å². The number of benzene rings is 1. The van der Waals surface area contributed by atoms with Gasteiger partial charge in [0.25, 0.3) is 0 Å². The molecule has 0 unspecified atom stereocenters. The van der Waals surface area contributed by atoms with E-state index in [2.05, 4.69) is 24.1 Å². The maximum absolute atomic E-state index is 14.1. The average molecular weight is 662 g/mol. The van der Waals surface area contributed by atoms with Gasteiger partial charge < -0.3 is 20.4 Å². The van der Waals surface area contributed by atoms with Crippen LogP contribution in [0.1, 0.15) is 110 Å². The smallest absolute Gasteiger partial charge is 0.245 e. The van der Waals surface area contributed by atoms with E-state index in [-0.39, 0.29) is 46.8 Å². The summed E-state index contributed by atoms with van der Waals surface area (Å²) in [6, 6.07) is 9.67. The lowest BCUT2D eigenvalue weighted by molar-refractivity contribution is -0.156. The molecule has 6 fully saturated rings. The second kappa shape index (κ2) is 14.0. The topological polar surface area (TPSA) is 93.1 Å². The first-order valence-corrected chi connectivity index (χ1v) is 19.8. The number of piperazine rings is 1. The van der Waals surface area contributed by atoms with Crippen molar-refractivity contribution in [3.8, 4) is 0 Å². The summed E-state index contributed by atoms with van der Waals surface area (Å²) in [6.45, 7) is 9.90. The monoisotopic (exact) mass is 661 g/mol. The molecular formula is C41H63N3O4. The summed E-state index contributed by atoms with van der Waals surface area (Å²) in [5.41, 5.74) is 1.57. The van der Waals surface area contributed by atoms with Gasteiger partial charge in [-0.05, 0) is 117 Å². The fraction of sp³-hybridized carbons (Fsp3) is 0.805. The molecule has 0 spiro atoms. The predicted molar refractivity (Wildman–Crippen MR) is 189 cm³/mol. The molecule has 1 aromatic carbocycles. The second-order valence-corrected chi connectivity index (χ2v) is 17.6. The summed E-state index contributed by atoms with van der Waals surface area (Å²) in [4.78, 5) is 31.9. The van der Waals surface area contributed by atoms with Crippen LogP contribution >= 0.6 is 0 Å². The van der Waals surface area contributed by atoms with Crippen LogP contribution in [0.15, 0.2) is 30.3 Å². The van der Waals surface area contributed by atoms with Gasteiger partial charge in [-0.1, -0.05) is 63.4 Å². The minimum atomic E-state index is -0.548. The van der Waals surface area contributed by atoms with Crippen molar-refractivity contribution in [1.29, 1.82) is 0 Å². The zero-order valence-corrected chi connectivity index (χ0v) is 30.0. The molecule has 2 amide bonds. The Balaban J connectivity index is 1.01. The second-order valence-electron chi connectivity index (χ2n) is 17.6. The van der Waals surface area contributed by atoms with Crippen LogP contribution in [0.25, 0.3) is 0 Å². The van der Waals surface area contributed by atoms with E-state index in [0.717, 1.165) is 69.0 Å². The van der Waals surface area contributed by atoms with Gasteiger partial charge >= 0.3 is 0 Å². The number of carbonyl (C=O) groups is 2. The van der Waals surface area contributed by atoms with Crippen LogP contribution in [0.4, 0.5) is 0 Å². The van der Waals surface area contributed by atoms with Gasteiger partial charge in [-0.2, -0.15) is 0 Å². The Hall–Kier alpha value is -1.96. The van der Waals surface area contributed by atoms with Crippen LogP contribution in [-0.2, 0) is 16.0 Å². The number of amides is 2. The molecular weight excluding hydrogens is 598 g/mol. The molecule has 48 heavy (non-hydrogen) atoms. The van der Waals surface area contributed by atoms with Gasteiger partial charge in [-0.3, -0.25) is 14.5 Å². The number of hydrogen-bond donors (Lipinski definition) is 3. The standard InChI is InChI=1S/C41H63N3O4/c1-27(45)32-16-17-33-31-15-14-30-25-37(46)36(26-41(30,3)34(31)18-19-40(32,33)2)43-20-22-44(23-21-43)39(48)35(24-28-10-6-4-7-11-28)42-38(47)29-12-8-5-9-13-29/h4,6-7,10-11,27,29-37,45-46H,5,8-9,12-26H2,1-3H3,(H,42,47)/t27-,30+,31+,32-,33+,34+,35+,36+,37+,40-,41+/m1/s1. The summed E-state index contributed by atoms with van der Waals surface area (Å²) in [5, 5.41) is 25.5. The van der Waals surface area contributed by atoms with Crippen molar-refractivity contribution in [2.24, 2.45) is 46.3 Å². The number of nitrogens with one attached hydrogen (secondary N) is 1. The van der Waals surface area contributed by atoms with E-state index in [1.807, 2.05) is 42.2 Å². The SMILES string of the molecule is C[C@@H](O)[C@H]1CC[C@H]2[C@@H]3CC[C@H]4C[C@H](O)[C@@H](N5CCN(C(=O)[C@H](Cc6ccccc6)NC(=O)C6CCCCC6)CC5)C[C@]4(C)[C@H]3CC[C@]12C. The van der Waals surface area contributed by atoms with Crippen molar-refractivity contribution in [2.45, 2.75) is 135 Å². The quantitative estimate of drug-likeness (QED) is 0.343. The number of carbonyl (C=O) groups excluding carboxylic acids is 2. The zero-order valence-electron chi connectivity index (χ0n) is 30.0. The molecule has 0 radical (unpaired) electrons. The van der Waals surface area contributed by atoms with Gasteiger partial charge in [0.05, 0.1) is 12.2 Å². The number of aliphatic hydroxyl groups is 2. The van der Waals surface area contributed by atoms with E-state index in [9.17, 15) is 19.8 Å². The van der Waals surface area contributed by atoms with E-state index >= 15 is 0 Å². The lowest BCUT2D eigenvalue weighted by atomic mass is 9.44. The minimum absolute atomic E-state index is 0.0188. The number of nitrogens with zero attached hydrogens (tertiary/aromatic N) is 2. The van der Waals surface area contributed by atoms with E-state index in [4.69, 9.17) is 0 Å². The number of rotatable bonds is 7. The summed E-state index contributed by atoms with van der Waals surface area (Å²) in [6.07, 6.45) is 14.6. The Morgan fingerprint density at radius 2 is 1.60 bits per heavy atom. The molecule has 1 aliphatic heterocycles. The molecule has 5 aliphatic carbocycles. The zero-order chi connectivity index (χ0) is 33.6. The molecule has 266 valence electrons. The highest BCUT2D eigenvalue weighted by atomic mass is 16.3. The summed E-state index contributed by atoms with van der Waals surface area (Å²) >= 11 is 0. The molecule has 7 nitrogen and oxygen atoms in total. The van der Waals surface area contributed by atoms with Crippen molar-refractivity contribution < 1.29 is 19.8 Å². The van der Waals surface area contributed by atoms with Crippen LogP contribution in [0.5, 0.6) is 0 Å². The largest absolute Gasteiger partial charge is 0.393 e. The first-order valence-electron chi connectivity index (χ1n) is 19.8. The van der Waals surface area contributed by atoms with Crippen LogP contribution in [0.3, 0.4) is 0 Å². The first kappa shape index (κ1) is 34.5. The molecule has 7 rings (SSSR count). The number of aliphatic hydroxyl groups excluding tert-OH is 2. The molecule has 1 heterocycles. The summed E-state index contributed by atoms with van der Waals surface area (Å²) in [7, 11) is 0. The first-order chi connectivity index (χ1) is 23.1. The number of hydrogen-bond acceptors (Lipinski definition) is 5. The lowest BCUT2D eigenvalue weighted by Gasteiger charge is -2.63. The van der Waals surface area contributed by atoms with Crippen molar-refractivity contribution in [1.82, 2.24) is 15.1 Å². The van der Waals surface area contributed by atoms with Gasteiger partial charge in [0, 0.05) is 44.6 Å². The van der Waals surface area contributed by atoms with E-state index in [1.54, 1.807) is 0 Å². The highest BCUT2D eigenvalue weighted by Crippen LogP contribution is 2.68. The molecule has 6 aliphatic rings. The normalized spacial score (nSPS) is 40.3. The van der Waals surface area contributed by atoms with Crippen molar-refractivity contribution in [3.05, 3.63) is 35.9 Å². The summed E-state index contributed by atoms with van der Waals surface area (Å²) < 4.78 is 0. The van der Waals surface area contributed by atoms with Crippen LogP contribution in [0.2, 0.25) is 0 Å².